The van der Waals surface area contributed by atoms with E-state index in [9.17, 15) is 4.79 Å². The molecular formula is C22H25NO6. The topological polar surface area (TPSA) is 66.5 Å². The lowest BCUT2D eigenvalue weighted by Crippen LogP contribution is -2.28. The monoisotopic (exact) mass is 399 g/mol. The van der Waals surface area contributed by atoms with E-state index in [1.165, 1.54) is 0 Å². The van der Waals surface area contributed by atoms with Crippen LogP contribution in [0.2, 0.25) is 0 Å². The molecule has 0 fully saturated rings. The summed E-state index contributed by atoms with van der Waals surface area (Å²) in [6.07, 6.45) is 3.48. The minimum absolute atomic E-state index is 0.514. The molecule has 1 aliphatic rings. The van der Waals surface area contributed by atoms with Crippen LogP contribution in [-0.4, -0.2) is 53.4 Å². The highest BCUT2D eigenvalue weighted by Crippen LogP contribution is 2.41. The average Bonchev–Trinajstić information content (AvgIpc) is 2.77. The third kappa shape index (κ3) is 3.81. The molecule has 7 heteroatoms. The van der Waals surface area contributed by atoms with E-state index in [0.29, 0.717) is 35.3 Å². The van der Waals surface area contributed by atoms with Gasteiger partial charge in [0.2, 0.25) is 12.2 Å². The molecule has 0 bridgehead atoms. The van der Waals surface area contributed by atoms with E-state index >= 15 is 0 Å². The Labute approximate surface area is 170 Å². The zero-order chi connectivity index (χ0) is 21.0. The summed E-state index contributed by atoms with van der Waals surface area (Å²) < 4.78 is 27.2. The summed E-state index contributed by atoms with van der Waals surface area (Å²) >= 11 is 0. The van der Waals surface area contributed by atoms with E-state index in [0.717, 1.165) is 35.2 Å². The first-order valence-electron chi connectivity index (χ1n) is 9.09. The lowest BCUT2D eigenvalue weighted by Gasteiger charge is -2.29. The third-order valence-electron chi connectivity index (χ3n) is 4.93. The molecule has 0 radical (unpaired) electrons. The molecule has 0 saturated heterocycles. The quantitative estimate of drug-likeness (QED) is 0.666. The molecule has 0 atom stereocenters. The summed E-state index contributed by atoms with van der Waals surface area (Å²) in [4.78, 5) is 13.4. The van der Waals surface area contributed by atoms with Crippen LogP contribution < -0.4 is 23.7 Å². The Hall–Kier alpha value is -3.35. The number of hydrogen-bond acceptors (Lipinski definition) is 6. The Bertz CT molecular complexity index is 912. The van der Waals surface area contributed by atoms with E-state index < -0.39 is 0 Å². The highest BCUT2D eigenvalue weighted by Gasteiger charge is 2.24. The molecule has 2 aromatic carbocycles. The predicted molar refractivity (Wildman–Crippen MR) is 110 cm³/mol. The van der Waals surface area contributed by atoms with E-state index in [1.807, 2.05) is 30.3 Å². The fraction of sp³-hybridized carbons (Fsp3) is 0.318. The van der Waals surface area contributed by atoms with Crippen molar-refractivity contribution < 1.29 is 28.5 Å². The van der Waals surface area contributed by atoms with Crippen molar-refractivity contribution in [1.29, 1.82) is 0 Å². The lowest BCUT2D eigenvalue weighted by atomic mass is 9.94. The van der Waals surface area contributed by atoms with Crippen molar-refractivity contribution in [1.82, 2.24) is 4.90 Å². The lowest BCUT2D eigenvalue weighted by molar-refractivity contribution is -0.115. The Morgan fingerprint density at radius 2 is 1.38 bits per heavy atom. The van der Waals surface area contributed by atoms with Crippen molar-refractivity contribution in [3.63, 3.8) is 0 Å². The van der Waals surface area contributed by atoms with Crippen LogP contribution >= 0.6 is 0 Å². The van der Waals surface area contributed by atoms with E-state index in [4.69, 9.17) is 23.7 Å². The normalized spacial score (nSPS) is 14.2. The van der Waals surface area contributed by atoms with Crippen molar-refractivity contribution >= 4 is 18.2 Å². The molecule has 7 nitrogen and oxygen atoms in total. The molecule has 154 valence electrons. The Morgan fingerprint density at radius 1 is 0.793 bits per heavy atom. The van der Waals surface area contributed by atoms with Crippen molar-refractivity contribution in [2.24, 2.45) is 0 Å². The van der Waals surface area contributed by atoms with Crippen molar-refractivity contribution in [2.75, 3.05) is 42.1 Å². The van der Waals surface area contributed by atoms with Gasteiger partial charge in [0.25, 0.3) is 0 Å². The fourth-order valence-corrected chi connectivity index (χ4v) is 3.50. The Kier molecular flexibility index (Phi) is 6.16. The molecule has 1 amide bonds. The number of amides is 1. The summed E-state index contributed by atoms with van der Waals surface area (Å²) in [5, 5.41) is 0. The first kappa shape index (κ1) is 20.4. The van der Waals surface area contributed by atoms with Crippen LogP contribution in [0.3, 0.4) is 0 Å². The molecule has 0 spiro atoms. The molecule has 1 heterocycles. The molecular weight excluding hydrogens is 374 g/mol. The van der Waals surface area contributed by atoms with Gasteiger partial charge in [-0.15, -0.1) is 0 Å². The molecule has 1 aliphatic heterocycles. The largest absolute Gasteiger partial charge is 0.493 e. The summed E-state index contributed by atoms with van der Waals surface area (Å²) in [6.45, 7) is 0.572. The molecule has 0 N–H and O–H groups in total. The number of hydrogen-bond donors (Lipinski definition) is 0. The smallest absolute Gasteiger partial charge is 0.214 e. The van der Waals surface area contributed by atoms with Gasteiger partial charge in [-0.2, -0.15) is 0 Å². The zero-order valence-corrected chi connectivity index (χ0v) is 17.3. The molecule has 3 rings (SSSR count). The van der Waals surface area contributed by atoms with Crippen LogP contribution in [-0.2, 0) is 11.2 Å². The molecule has 0 aliphatic carbocycles. The van der Waals surface area contributed by atoms with Crippen LogP contribution in [0, 0.1) is 0 Å². The minimum atomic E-state index is 0.514. The van der Waals surface area contributed by atoms with Crippen LogP contribution in [0.5, 0.6) is 28.7 Å². The molecule has 0 saturated carbocycles. The number of ether oxygens (including phenoxy) is 5. The van der Waals surface area contributed by atoms with Gasteiger partial charge >= 0.3 is 0 Å². The van der Waals surface area contributed by atoms with E-state index in [2.05, 4.69) is 0 Å². The standard InChI is InChI=1S/C22H25NO6/c1-25-18-11-15-6-7-23(13-24)17(16(15)12-19(18)26-2)8-14-9-20(27-3)22(29-5)21(10-14)28-4/h8-13H,6-7H2,1-5H3/b17-8-. The van der Waals surface area contributed by atoms with Crippen molar-refractivity contribution in [3.8, 4) is 28.7 Å². The van der Waals surface area contributed by atoms with Gasteiger partial charge in [-0.1, -0.05) is 0 Å². The van der Waals surface area contributed by atoms with Crippen LogP contribution in [0.15, 0.2) is 24.3 Å². The van der Waals surface area contributed by atoms with Crippen LogP contribution in [0.25, 0.3) is 11.8 Å². The maximum atomic E-state index is 11.8. The second-order valence-electron chi connectivity index (χ2n) is 6.40. The second-order valence-corrected chi connectivity index (χ2v) is 6.40. The van der Waals surface area contributed by atoms with E-state index in [-0.39, 0.29) is 0 Å². The average molecular weight is 399 g/mol. The van der Waals surface area contributed by atoms with Gasteiger partial charge in [-0.25, -0.2) is 0 Å². The van der Waals surface area contributed by atoms with Gasteiger partial charge < -0.3 is 28.6 Å². The summed E-state index contributed by atoms with van der Waals surface area (Å²) in [5.41, 5.74) is 3.56. The molecule has 0 unspecified atom stereocenters. The SMILES string of the molecule is COc1cc2c(cc1OC)/C(=C/c1cc(OC)c(OC)c(OC)c1)N(C=O)CC2. The number of carbonyl (C=O) groups excluding carboxylic acids is 1. The van der Waals surface area contributed by atoms with E-state index in [1.54, 1.807) is 40.4 Å². The maximum absolute atomic E-state index is 11.8. The number of benzene rings is 2. The van der Waals surface area contributed by atoms with Crippen molar-refractivity contribution in [2.45, 2.75) is 6.42 Å². The predicted octanol–water partition coefficient (Wildman–Crippen LogP) is 3.24. The number of fused-ring (bicyclic) bond motifs is 1. The number of rotatable bonds is 7. The van der Waals surface area contributed by atoms with Crippen molar-refractivity contribution in [3.05, 3.63) is 41.0 Å². The first-order chi connectivity index (χ1) is 14.1. The zero-order valence-electron chi connectivity index (χ0n) is 17.3. The van der Waals surface area contributed by atoms with Crippen LogP contribution in [0.4, 0.5) is 0 Å². The van der Waals surface area contributed by atoms with Gasteiger partial charge in [0, 0.05) is 12.1 Å². The highest BCUT2D eigenvalue weighted by atomic mass is 16.5. The molecule has 29 heavy (non-hydrogen) atoms. The summed E-state index contributed by atoms with van der Waals surface area (Å²) in [6, 6.07) is 7.53. The molecule has 0 aromatic heterocycles. The number of carbonyl (C=O) groups is 1. The first-order valence-corrected chi connectivity index (χ1v) is 9.09. The fourth-order valence-electron chi connectivity index (χ4n) is 3.50. The van der Waals surface area contributed by atoms with Gasteiger partial charge in [-0.3, -0.25) is 4.79 Å². The number of methoxy groups -OCH3 is 5. The highest BCUT2D eigenvalue weighted by molar-refractivity contribution is 5.89. The van der Waals surface area contributed by atoms with Gasteiger partial charge in [-0.05, 0) is 47.9 Å². The maximum Gasteiger partial charge on any atom is 0.214 e. The summed E-state index contributed by atoms with van der Waals surface area (Å²) in [7, 11) is 7.90. The Balaban J connectivity index is 2.19. The third-order valence-corrected chi connectivity index (χ3v) is 4.93. The summed E-state index contributed by atoms with van der Waals surface area (Å²) in [5.74, 6) is 2.87. The molecule has 2 aromatic rings. The minimum Gasteiger partial charge on any atom is -0.493 e. The van der Waals surface area contributed by atoms with Gasteiger partial charge in [0.1, 0.15) is 0 Å². The number of nitrogens with zero attached hydrogens (tertiary/aromatic N) is 1. The van der Waals surface area contributed by atoms with Crippen LogP contribution in [0.1, 0.15) is 16.7 Å². The second kappa shape index (κ2) is 8.77. The Morgan fingerprint density at radius 3 is 1.90 bits per heavy atom. The van der Waals surface area contributed by atoms with Gasteiger partial charge in [0.05, 0.1) is 41.2 Å². The van der Waals surface area contributed by atoms with Gasteiger partial charge in [0.15, 0.2) is 23.0 Å².